The molecule has 20 heavy (non-hydrogen) atoms. The van der Waals surface area contributed by atoms with E-state index >= 15 is 0 Å². The van der Waals surface area contributed by atoms with E-state index < -0.39 is 18.2 Å². The molecule has 2 rings (SSSR count). The summed E-state index contributed by atoms with van der Waals surface area (Å²) < 4.78 is 5.35. The first-order valence-corrected chi connectivity index (χ1v) is 7.67. The third-order valence-corrected chi connectivity index (χ3v) is 4.86. The number of likely N-dealkylation sites (N-methyl/N-ethyl adjacent to an activating group) is 1. The van der Waals surface area contributed by atoms with Crippen molar-refractivity contribution in [3.63, 3.8) is 0 Å². The zero-order valence-corrected chi connectivity index (χ0v) is 12.4. The van der Waals surface area contributed by atoms with Crippen LogP contribution in [0.3, 0.4) is 0 Å². The molecule has 1 saturated heterocycles. The minimum absolute atomic E-state index is 0.0475. The molecular formula is C15H25NO4. The van der Waals surface area contributed by atoms with E-state index in [0.29, 0.717) is 12.8 Å². The van der Waals surface area contributed by atoms with Crippen LogP contribution in [0.2, 0.25) is 0 Å². The predicted molar refractivity (Wildman–Crippen MR) is 74.3 cm³/mol. The molecule has 1 N–H and O–H groups in total. The SMILES string of the molecule is CCC1CCC(N(C)C(=O)C2CCC(C(=O)O)O2)CC1. The maximum atomic E-state index is 12.4. The molecule has 0 spiro atoms. The normalized spacial score (nSPS) is 33.9. The molecule has 0 bridgehead atoms. The van der Waals surface area contributed by atoms with Crippen molar-refractivity contribution in [2.45, 2.75) is 70.1 Å². The van der Waals surface area contributed by atoms with E-state index in [2.05, 4.69) is 6.92 Å². The quantitative estimate of drug-likeness (QED) is 0.857. The molecule has 114 valence electrons. The minimum atomic E-state index is -0.966. The van der Waals surface area contributed by atoms with Gasteiger partial charge in [-0.1, -0.05) is 13.3 Å². The van der Waals surface area contributed by atoms with Gasteiger partial charge in [0.25, 0.3) is 5.91 Å². The second-order valence-electron chi connectivity index (χ2n) is 6.06. The van der Waals surface area contributed by atoms with E-state index in [1.807, 2.05) is 7.05 Å². The summed E-state index contributed by atoms with van der Waals surface area (Å²) in [5.41, 5.74) is 0. The number of carbonyl (C=O) groups excluding carboxylic acids is 1. The second-order valence-corrected chi connectivity index (χ2v) is 6.06. The molecular weight excluding hydrogens is 258 g/mol. The molecule has 5 heteroatoms. The summed E-state index contributed by atoms with van der Waals surface area (Å²) in [6.07, 6.45) is 5.26. The molecule has 2 aliphatic rings. The molecule has 1 saturated carbocycles. The average Bonchev–Trinajstić information content (AvgIpc) is 2.96. The number of aliphatic carboxylic acids is 1. The van der Waals surface area contributed by atoms with Crippen LogP contribution in [0.4, 0.5) is 0 Å². The maximum Gasteiger partial charge on any atom is 0.332 e. The van der Waals surface area contributed by atoms with Crippen LogP contribution in [0, 0.1) is 5.92 Å². The summed E-state index contributed by atoms with van der Waals surface area (Å²) >= 11 is 0. The molecule has 0 aromatic heterocycles. The Hall–Kier alpha value is -1.10. The third-order valence-electron chi connectivity index (χ3n) is 4.86. The summed E-state index contributed by atoms with van der Waals surface area (Å²) in [6.45, 7) is 2.22. The van der Waals surface area contributed by atoms with Crippen LogP contribution in [0.5, 0.6) is 0 Å². The van der Waals surface area contributed by atoms with Crippen molar-refractivity contribution in [1.29, 1.82) is 0 Å². The lowest BCUT2D eigenvalue weighted by Gasteiger charge is -2.35. The summed E-state index contributed by atoms with van der Waals surface area (Å²) in [5, 5.41) is 8.91. The highest BCUT2D eigenvalue weighted by molar-refractivity contribution is 5.82. The van der Waals surface area contributed by atoms with Crippen molar-refractivity contribution in [2.75, 3.05) is 7.05 Å². The van der Waals surface area contributed by atoms with Crippen molar-refractivity contribution in [3.8, 4) is 0 Å². The van der Waals surface area contributed by atoms with Gasteiger partial charge in [-0.25, -0.2) is 4.79 Å². The van der Waals surface area contributed by atoms with Crippen molar-refractivity contribution < 1.29 is 19.4 Å². The van der Waals surface area contributed by atoms with Gasteiger partial charge in [0.05, 0.1) is 0 Å². The van der Waals surface area contributed by atoms with Gasteiger partial charge in [0.15, 0.2) is 6.10 Å². The molecule has 2 fully saturated rings. The maximum absolute atomic E-state index is 12.4. The highest BCUT2D eigenvalue weighted by Gasteiger charge is 2.37. The molecule has 0 radical (unpaired) electrons. The van der Waals surface area contributed by atoms with Gasteiger partial charge in [-0.05, 0) is 44.4 Å². The monoisotopic (exact) mass is 283 g/mol. The molecule has 1 heterocycles. The zero-order valence-electron chi connectivity index (χ0n) is 12.4. The number of ether oxygens (including phenoxy) is 1. The Morgan fingerprint density at radius 1 is 1.10 bits per heavy atom. The van der Waals surface area contributed by atoms with E-state index in [9.17, 15) is 9.59 Å². The number of carboxylic acids is 1. The molecule has 2 atom stereocenters. The number of carboxylic acid groups (broad SMARTS) is 1. The molecule has 2 unspecified atom stereocenters. The van der Waals surface area contributed by atoms with Gasteiger partial charge in [-0.15, -0.1) is 0 Å². The lowest BCUT2D eigenvalue weighted by molar-refractivity contribution is -0.155. The van der Waals surface area contributed by atoms with Crippen LogP contribution in [-0.4, -0.2) is 47.2 Å². The van der Waals surface area contributed by atoms with Crippen LogP contribution in [0.15, 0.2) is 0 Å². The largest absolute Gasteiger partial charge is 0.479 e. The fourth-order valence-electron chi connectivity index (χ4n) is 3.35. The molecule has 0 aromatic carbocycles. The van der Waals surface area contributed by atoms with Gasteiger partial charge < -0.3 is 14.7 Å². The number of rotatable bonds is 4. The number of amides is 1. The van der Waals surface area contributed by atoms with Crippen LogP contribution in [0.25, 0.3) is 0 Å². The third kappa shape index (κ3) is 3.32. The Kier molecular flexibility index (Phi) is 5.02. The van der Waals surface area contributed by atoms with E-state index in [-0.39, 0.29) is 11.9 Å². The Labute approximate surface area is 120 Å². The topological polar surface area (TPSA) is 66.8 Å². The average molecular weight is 283 g/mol. The van der Waals surface area contributed by atoms with Gasteiger partial charge >= 0.3 is 5.97 Å². The van der Waals surface area contributed by atoms with Crippen LogP contribution in [0.1, 0.15) is 51.9 Å². The molecule has 5 nitrogen and oxygen atoms in total. The first kappa shape index (κ1) is 15.3. The number of hydrogen-bond acceptors (Lipinski definition) is 3. The van der Waals surface area contributed by atoms with Crippen LogP contribution < -0.4 is 0 Å². The fraction of sp³-hybridized carbons (Fsp3) is 0.867. The Morgan fingerprint density at radius 3 is 2.20 bits per heavy atom. The summed E-state index contributed by atoms with van der Waals surface area (Å²) in [4.78, 5) is 25.0. The lowest BCUT2D eigenvalue weighted by Crippen LogP contribution is -2.44. The smallest absolute Gasteiger partial charge is 0.332 e. The Balaban J connectivity index is 1.85. The van der Waals surface area contributed by atoms with Gasteiger partial charge in [0.2, 0.25) is 0 Å². The highest BCUT2D eigenvalue weighted by atomic mass is 16.5. The highest BCUT2D eigenvalue weighted by Crippen LogP contribution is 2.30. The molecule has 0 aromatic rings. The van der Waals surface area contributed by atoms with Crippen LogP contribution in [-0.2, 0) is 14.3 Å². The van der Waals surface area contributed by atoms with E-state index in [4.69, 9.17) is 9.84 Å². The Morgan fingerprint density at radius 2 is 1.70 bits per heavy atom. The molecule has 1 amide bonds. The number of carbonyl (C=O) groups is 2. The second kappa shape index (κ2) is 6.57. The minimum Gasteiger partial charge on any atom is -0.479 e. The predicted octanol–water partition coefficient (Wildman–Crippen LogP) is 2.05. The number of nitrogens with zero attached hydrogens (tertiary/aromatic N) is 1. The van der Waals surface area contributed by atoms with Crippen molar-refractivity contribution in [3.05, 3.63) is 0 Å². The summed E-state index contributed by atoms with van der Waals surface area (Å²) in [5.74, 6) is -0.214. The summed E-state index contributed by atoms with van der Waals surface area (Å²) in [6, 6.07) is 0.290. The summed E-state index contributed by atoms with van der Waals surface area (Å²) in [7, 11) is 1.83. The van der Waals surface area contributed by atoms with Crippen molar-refractivity contribution in [1.82, 2.24) is 4.90 Å². The van der Waals surface area contributed by atoms with E-state index in [0.717, 1.165) is 18.8 Å². The zero-order chi connectivity index (χ0) is 14.7. The Bertz CT molecular complexity index is 363. The first-order chi connectivity index (χ1) is 9.52. The lowest BCUT2D eigenvalue weighted by atomic mass is 9.84. The van der Waals surface area contributed by atoms with E-state index in [1.54, 1.807) is 4.90 Å². The van der Waals surface area contributed by atoms with Gasteiger partial charge in [0.1, 0.15) is 6.10 Å². The van der Waals surface area contributed by atoms with E-state index in [1.165, 1.54) is 19.3 Å². The molecule has 1 aliphatic heterocycles. The first-order valence-electron chi connectivity index (χ1n) is 7.67. The molecule has 1 aliphatic carbocycles. The van der Waals surface area contributed by atoms with Crippen molar-refractivity contribution in [2.24, 2.45) is 5.92 Å². The standard InChI is InChI=1S/C15H25NO4/c1-3-10-4-6-11(7-5-10)16(2)14(17)12-8-9-13(20-12)15(18)19/h10-13H,3-9H2,1-2H3,(H,18,19). The van der Waals surface area contributed by atoms with Crippen LogP contribution >= 0.6 is 0 Å². The van der Waals surface area contributed by atoms with Gasteiger partial charge in [-0.2, -0.15) is 0 Å². The van der Waals surface area contributed by atoms with Crippen molar-refractivity contribution >= 4 is 11.9 Å². The van der Waals surface area contributed by atoms with Gasteiger partial charge in [-0.3, -0.25) is 4.79 Å². The van der Waals surface area contributed by atoms with Gasteiger partial charge in [0, 0.05) is 13.1 Å². The fourth-order valence-corrected chi connectivity index (χ4v) is 3.35. The number of hydrogen-bond donors (Lipinski definition) is 1.